The molecular formula is C14H20ClNO. The number of carbonyl (C=O) groups excluding carboxylic acids is 1. The summed E-state index contributed by atoms with van der Waals surface area (Å²) in [6.45, 7) is 6.70. The standard InChI is InChI=1S/C14H20ClNO/c1-10(7-8-15)9-16-14(17)13-11(2)5-4-6-12(13)3/h4-6,10H,7-9H2,1-3H3,(H,16,17). The van der Waals surface area contributed by atoms with Gasteiger partial charge in [0.2, 0.25) is 0 Å². The first-order valence-corrected chi connectivity index (χ1v) is 6.50. The molecule has 0 saturated carbocycles. The number of carbonyl (C=O) groups is 1. The van der Waals surface area contributed by atoms with Gasteiger partial charge >= 0.3 is 0 Å². The van der Waals surface area contributed by atoms with Crippen molar-refractivity contribution in [2.24, 2.45) is 5.92 Å². The van der Waals surface area contributed by atoms with Crippen molar-refractivity contribution in [2.75, 3.05) is 12.4 Å². The molecule has 1 aromatic rings. The van der Waals surface area contributed by atoms with Gasteiger partial charge in [0, 0.05) is 18.0 Å². The lowest BCUT2D eigenvalue weighted by Crippen LogP contribution is -2.29. The molecule has 0 fully saturated rings. The first-order valence-electron chi connectivity index (χ1n) is 5.96. The van der Waals surface area contributed by atoms with Crippen LogP contribution in [-0.4, -0.2) is 18.3 Å². The zero-order chi connectivity index (χ0) is 12.8. The Bertz CT molecular complexity index is 370. The highest BCUT2D eigenvalue weighted by Gasteiger charge is 2.12. The van der Waals surface area contributed by atoms with Gasteiger partial charge in [0.05, 0.1) is 0 Å². The van der Waals surface area contributed by atoms with Crippen LogP contribution in [-0.2, 0) is 0 Å². The van der Waals surface area contributed by atoms with E-state index in [4.69, 9.17) is 11.6 Å². The third-order valence-corrected chi connectivity index (χ3v) is 3.14. The van der Waals surface area contributed by atoms with Crippen LogP contribution in [0, 0.1) is 19.8 Å². The molecule has 0 saturated heterocycles. The van der Waals surface area contributed by atoms with Crippen LogP contribution in [0.1, 0.15) is 34.8 Å². The molecule has 0 aromatic heterocycles. The van der Waals surface area contributed by atoms with Crippen molar-refractivity contribution in [1.29, 1.82) is 0 Å². The van der Waals surface area contributed by atoms with Crippen molar-refractivity contribution in [3.05, 3.63) is 34.9 Å². The lowest BCUT2D eigenvalue weighted by Gasteiger charge is -2.13. The molecule has 1 atom stereocenters. The fourth-order valence-electron chi connectivity index (χ4n) is 1.82. The van der Waals surface area contributed by atoms with Gasteiger partial charge in [-0.1, -0.05) is 25.1 Å². The number of alkyl halides is 1. The van der Waals surface area contributed by atoms with E-state index in [0.717, 1.165) is 23.1 Å². The van der Waals surface area contributed by atoms with Crippen LogP contribution in [0.25, 0.3) is 0 Å². The van der Waals surface area contributed by atoms with Gasteiger partial charge in [-0.2, -0.15) is 0 Å². The van der Waals surface area contributed by atoms with E-state index in [9.17, 15) is 4.79 Å². The molecule has 94 valence electrons. The zero-order valence-corrected chi connectivity index (χ0v) is 11.5. The fourth-order valence-corrected chi connectivity index (χ4v) is 2.19. The monoisotopic (exact) mass is 253 g/mol. The quantitative estimate of drug-likeness (QED) is 0.802. The summed E-state index contributed by atoms with van der Waals surface area (Å²) in [6.07, 6.45) is 0.925. The number of aryl methyl sites for hydroxylation is 2. The first kappa shape index (κ1) is 14.0. The van der Waals surface area contributed by atoms with Crippen molar-refractivity contribution in [3.63, 3.8) is 0 Å². The fraction of sp³-hybridized carbons (Fsp3) is 0.500. The third kappa shape index (κ3) is 4.04. The minimum absolute atomic E-state index is 0.0158. The lowest BCUT2D eigenvalue weighted by molar-refractivity contribution is 0.0946. The highest BCUT2D eigenvalue weighted by molar-refractivity contribution is 6.17. The molecule has 0 aliphatic heterocycles. The maximum absolute atomic E-state index is 12.1. The number of hydrogen-bond donors (Lipinski definition) is 1. The molecule has 1 N–H and O–H groups in total. The van der Waals surface area contributed by atoms with E-state index in [-0.39, 0.29) is 5.91 Å². The summed E-state index contributed by atoms with van der Waals surface area (Å²) in [6, 6.07) is 5.89. The highest BCUT2D eigenvalue weighted by atomic mass is 35.5. The van der Waals surface area contributed by atoms with Gasteiger partial charge in [-0.25, -0.2) is 0 Å². The molecule has 1 aromatic carbocycles. The highest BCUT2D eigenvalue weighted by Crippen LogP contribution is 2.13. The Labute approximate surface area is 108 Å². The molecule has 1 amide bonds. The second-order valence-electron chi connectivity index (χ2n) is 4.56. The molecule has 2 nitrogen and oxygen atoms in total. The maximum Gasteiger partial charge on any atom is 0.251 e. The third-order valence-electron chi connectivity index (χ3n) is 2.92. The predicted octanol–water partition coefficient (Wildman–Crippen LogP) is 3.30. The van der Waals surface area contributed by atoms with Crippen molar-refractivity contribution < 1.29 is 4.79 Å². The SMILES string of the molecule is Cc1cccc(C)c1C(=O)NCC(C)CCCl. The first-order chi connectivity index (χ1) is 8.06. The smallest absolute Gasteiger partial charge is 0.251 e. The molecular weight excluding hydrogens is 234 g/mol. The average Bonchev–Trinajstić information content (AvgIpc) is 2.26. The molecule has 0 spiro atoms. The molecule has 3 heteroatoms. The van der Waals surface area contributed by atoms with Crippen LogP contribution in [0.2, 0.25) is 0 Å². The molecule has 0 aliphatic rings. The number of rotatable bonds is 5. The second-order valence-corrected chi connectivity index (χ2v) is 4.94. The summed E-state index contributed by atoms with van der Waals surface area (Å²) in [7, 11) is 0. The Morgan fingerprint density at radius 2 is 1.94 bits per heavy atom. The normalized spacial score (nSPS) is 12.2. The Morgan fingerprint density at radius 1 is 1.35 bits per heavy atom. The van der Waals surface area contributed by atoms with Crippen molar-refractivity contribution in [1.82, 2.24) is 5.32 Å². The van der Waals surface area contributed by atoms with Gasteiger partial charge in [0.15, 0.2) is 0 Å². The van der Waals surface area contributed by atoms with Crippen LogP contribution in [0.4, 0.5) is 0 Å². The summed E-state index contributed by atoms with van der Waals surface area (Å²) < 4.78 is 0. The molecule has 17 heavy (non-hydrogen) atoms. The zero-order valence-electron chi connectivity index (χ0n) is 10.7. The second kappa shape index (κ2) is 6.65. The van der Waals surface area contributed by atoms with Crippen molar-refractivity contribution in [3.8, 4) is 0 Å². The number of nitrogens with one attached hydrogen (secondary N) is 1. The molecule has 0 radical (unpaired) electrons. The van der Waals surface area contributed by atoms with Crippen LogP contribution >= 0.6 is 11.6 Å². The Morgan fingerprint density at radius 3 is 2.47 bits per heavy atom. The van der Waals surface area contributed by atoms with E-state index in [2.05, 4.69) is 12.2 Å². The van der Waals surface area contributed by atoms with E-state index in [1.54, 1.807) is 0 Å². The van der Waals surface area contributed by atoms with Crippen LogP contribution in [0.15, 0.2) is 18.2 Å². The van der Waals surface area contributed by atoms with E-state index < -0.39 is 0 Å². The van der Waals surface area contributed by atoms with Gasteiger partial charge in [-0.05, 0) is 37.3 Å². The summed E-state index contributed by atoms with van der Waals surface area (Å²) in [5.41, 5.74) is 2.84. The van der Waals surface area contributed by atoms with E-state index in [0.29, 0.717) is 18.3 Å². The molecule has 0 aliphatic carbocycles. The number of benzene rings is 1. The minimum Gasteiger partial charge on any atom is -0.352 e. The van der Waals surface area contributed by atoms with E-state index in [1.807, 2.05) is 32.0 Å². The maximum atomic E-state index is 12.1. The van der Waals surface area contributed by atoms with Crippen molar-refractivity contribution in [2.45, 2.75) is 27.2 Å². The lowest BCUT2D eigenvalue weighted by atomic mass is 10.0. The number of amides is 1. The number of hydrogen-bond acceptors (Lipinski definition) is 1. The largest absolute Gasteiger partial charge is 0.352 e. The summed E-state index contributed by atoms with van der Waals surface area (Å²) in [5, 5.41) is 2.97. The van der Waals surface area contributed by atoms with E-state index >= 15 is 0 Å². The van der Waals surface area contributed by atoms with Crippen LogP contribution in [0.5, 0.6) is 0 Å². The summed E-state index contributed by atoms with van der Waals surface area (Å²) >= 11 is 5.67. The Kier molecular flexibility index (Phi) is 5.49. The molecule has 0 bridgehead atoms. The van der Waals surface area contributed by atoms with Crippen LogP contribution in [0.3, 0.4) is 0 Å². The van der Waals surface area contributed by atoms with Gasteiger partial charge in [-0.15, -0.1) is 11.6 Å². The molecule has 1 rings (SSSR count). The van der Waals surface area contributed by atoms with E-state index in [1.165, 1.54) is 0 Å². The molecule has 0 heterocycles. The predicted molar refractivity (Wildman–Crippen MR) is 72.8 cm³/mol. The number of halogens is 1. The molecule has 1 unspecified atom stereocenters. The van der Waals surface area contributed by atoms with Gasteiger partial charge < -0.3 is 5.32 Å². The Balaban J connectivity index is 2.64. The van der Waals surface area contributed by atoms with Crippen LogP contribution < -0.4 is 5.32 Å². The minimum atomic E-state index is 0.0158. The average molecular weight is 254 g/mol. The van der Waals surface area contributed by atoms with Gasteiger partial charge in [-0.3, -0.25) is 4.79 Å². The summed E-state index contributed by atoms with van der Waals surface area (Å²) in [4.78, 5) is 12.1. The summed E-state index contributed by atoms with van der Waals surface area (Å²) in [5.74, 6) is 1.07. The van der Waals surface area contributed by atoms with Crippen molar-refractivity contribution >= 4 is 17.5 Å². The Hall–Kier alpha value is -1.02. The van der Waals surface area contributed by atoms with Gasteiger partial charge in [0.1, 0.15) is 0 Å². The van der Waals surface area contributed by atoms with Gasteiger partial charge in [0.25, 0.3) is 5.91 Å². The topological polar surface area (TPSA) is 29.1 Å².